The van der Waals surface area contributed by atoms with E-state index in [1.807, 2.05) is 6.92 Å². The van der Waals surface area contributed by atoms with Crippen LogP contribution in [0.5, 0.6) is 0 Å². The van der Waals surface area contributed by atoms with Crippen molar-refractivity contribution in [2.24, 2.45) is 5.92 Å². The maximum absolute atomic E-state index is 9.43. The maximum Gasteiger partial charge on any atom is 0.0975 e. The molecule has 0 aromatic carbocycles. The molecule has 14 heavy (non-hydrogen) atoms. The number of aliphatic hydroxyl groups excluding tert-OH is 1. The first kappa shape index (κ1) is 11.5. The highest BCUT2D eigenvalue weighted by atomic mass is 16.3. The molecule has 2 atom stereocenters. The van der Waals surface area contributed by atoms with E-state index in [4.69, 9.17) is 5.26 Å². The molecule has 1 aliphatic heterocycles. The van der Waals surface area contributed by atoms with E-state index < -0.39 is 0 Å². The summed E-state index contributed by atoms with van der Waals surface area (Å²) in [6.45, 7) is 5.83. The molecule has 3 heteroatoms. The molecular formula is C11H20N2O. The number of hydrogen-bond donors (Lipinski definition) is 1. The minimum atomic E-state index is -0.195. The summed E-state index contributed by atoms with van der Waals surface area (Å²) in [5.41, 5.74) is 0. The van der Waals surface area contributed by atoms with Gasteiger partial charge in [0.1, 0.15) is 0 Å². The van der Waals surface area contributed by atoms with Crippen LogP contribution in [-0.2, 0) is 0 Å². The molecule has 0 aromatic rings. The predicted molar refractivity (Wildman–Crippen MR) is 55.7 cm³/mol. The van der Waals surface area contributed by atoms with E-state index in [0.717, 1.165) is 32.4 Å². The van der Waals surface area contributed by atoms with Gasteiger partial charge in [0.25, 0.3) is 0 Å². The Kier molecular flexibility index (Phi) is 4.37. The van der Waals surface area contributed by atoms with Gasteiger partial charge in [-0.1, -0.05) is 6.92 Å². The van der Waals surface area contributed by atoms with Crippen LogP contribution in [0.25, 0.3) is 0 Å². The van der Waals surface area contributed by atoms with Crippen molar-refractivity contribution in [3.05, 3.63) is 0 Å². The number of aliphatic hydroxyl groups is 1. The second-order valence-corrected chi connectivity index (χ2v) is 4.17. The van der Waals surface area contributed by atoms with Crippen LogP contribution in [0.3, 0.4) is 0 Å². The van der Waals surface area contributed by atoms with Crippen molar-refractivity contribution in [2.75, 3.05) is 13.1 Å². The largest absolute Gasteiger partial charge is 0.393 e. The van der Waals surface area contributed by atoms with Gasteiger partial charge in [-0.3, -0.25) is 4.90 Å². The average molecular weight is 196 g/mol. The Morgan fingerprint density at radius 1 is 1.50 bits per heavy atom. The lowest BCUT2D eigenvalue weighted by Crippen LogP contribution is -2.42. The second kappa shape index (κ2) is 5.33. The SMILES string of the molecule is CCC(C#N)N1CCC(C(C)O)CC1. The third-order valence-corrected chi connectivity index (χ3v) is 3.23. The molecule has 0 bridgehead atoms. The molecule has 1 saturated heterocycles. The van der Waals surface area contributed by atoms with Gasteiger partial charge in [-0.05, 0) is 45.2 Å². The highest BCUT2D eigenvalue weighted by Gasteiger charge is 2.25. The van der Waals surface area contributed by atoms with Crippen LogP contribution in [0.15, 0.2) is 0 Å². The summed E-state index contributed by atoms with van der Waals surface area (Å²) in [7, 11) is 0. The molecule has 1 aliphatic rings. The van der Waals surface area contributed by atoms with E-state index in [0.29, 0.717) is 5.92 Å². The molecule has 0 amide bonds. The smallest absolute Gasteiger partial charge is 0.0975 e. The Bertz CT molecular complexity index is 202. The van der Waals surface area contributed by atoms with Gasteiger partial charge in [0.05, 0.1) is 18.2 Å². The van der Waals surface area contributed by atoms with Gasteiger partial charge in [0.2, 0.25) is 0 Å². The lowest BCUT2D eigenvalue weighted by Gasteiger charge is -2.35. The van der Waals surface area contributed by atoms with E-state index in [1.165, 1.54) is 0 Å². The van der Waals surface area contributed by atoms with Crippen molar-refractivity contribution in [3.63, 3.8) is 0 Å². The minimum Gasteiger partial charge on any atom is -0.393 e. The van der Waals surface area contributed by atoms with Crippen molar-refractivity contribution in [3.8, 4) is 6.07 Å². The fourth-order valence-electron chi connectivity index (χ4n) is 2.14. The highest BCUT2D eigenvalue weighted by Crippen LogP contribution is 2.22. The number of rotatable bonds is 3. The van der Waals surface area contributed by atoms with Gasteiger partial charge >= 0.3 is 0 Å². The molecule has 3 nitrogen and oxygen atoms in total. The van der Waals surface area contributed by atoms with Crippen molar-refractivity contribution in [1.82, 2.24) is 4.90 Å². The summed E-state index contributed by atoms with van der Waals surface area (Å²) in [5.74, 6) is 0.433. The molecule has 1 heterocycles. The van der Waals surface area contributed by atoms with Gasteiger partial charge in [-0.25, -0.2) is 0 Å². The number of nitrogens with zero attached hydrogens (tertiary/aromatic N) is 2. The van der Waals surface area contributed by atoms with Gasteiger partial charge in [-0.15, -0.1) is 0 Å². The van der Waals surface area contributed by atoms with E-state index >= 15 is 0 Å². The molecular weight excluding hydrogens is 176 g/mol. The van der Waals surface area contributed by atoms with Crippen molar-refractivity contribution in [2.45, 2.75) is 45.3 Å². The molecule has 0 aromatic heterocycles. The second-order valence-electron chi connectivity index (χ2n) is 4.17. The number of likely N-dealkylation sites (tertiary alicyclic amines) is 1. The first-order chi connectivity index (χ1) is 6.69. The normalized spacial score (nSPS) is 24.1. The molecule has 0 aliphatic carbocycles. The van der Waals surface area contributed by atoms with Crippen LogP contribution in [-0.4, -0.2) is 35.2 Å². The molecule has 0 radical (unpaired) electrons. The van der Waals surface area contributed by atoms with Gasteiger partial charge in [0.15, 0.2) is 0 Å². The predicted octanol–water partition coefficient (Wildman–Crippen LogP) is 1.38. The third kappa shape index (κ3) is 2.70. The summed E-state index contributed by atoms with van der Waals surface area (Å²) in [6, 6.07) is 2.40. The van der Waals surface area contributed by atoms with E-state index in [2.05, 4.69) is 17.9 Å². The molecule has 80 valence electrons. The third-order valence-electron chi connectivity index (χ3n) is 3.23. The number of piperidine rings is 1. The van der Waals surface area contributed by atoms with Crippen molar-refractivity contribution < 1.29 is 5.11 Å². The fourth-order valence-corrected chi connectivity index (χ4v) is 2.14. The van der Waals surface area contributed by atoms with Crippen molar-refractivity contribution in [1.29, 1.82) is 5.26 Å². The summed E-state index contributed by atoms with van der Waals surface area (Å²) in [6.07, 6.45) is 2.75. The van der Waals surface area contributed by atoms with Gasteiger partial charge in [0, 0.05) is 0 Å². The van der Waals surface area contributed by atoms with Crippen LogP contribution in [0, 0.1) is 17.2 Å². The monoisotopic (exact) mass is 196 g/mol. The quantitative estimate of drug-likeness (QED) is 0.742. The minimum absolute atomic E-state index is 0.0740. The maximum atomic E-state index is 9.43. The zero-order valence-corrected chi connectivity index (χ0v) is 9.11. The first-order valence-electron chi connectivity index (χ1n) is 5.50. The average Bonchev–Trinajstić information content (AvgIpc) is 2.20. The Balaban J connectivity index is 2.39. The molecule has 1 rings (SSSR count). The number of hydrogen-bond acceptors (Lipinski definition) is 3. The Morgan fingerprint density at radius 2 is 2.07 bits per heavy atom. The molecule has 2 unspecified atom stereocenters. The Labute approximate surface area is 86.3 Å². The van der Waals surface area contributed by atoms with Gasteiger partial charge < -0.3 is 5.11 Å². The van der Waals surface area contributed by atoms with Crippen molar-refractivity contribution >= 4 is 0 Å². The molecule has 0 saturated carbocycles. The zero-order valence-electron chi connectivity index (χ0n) is 9.11. The highest BCUT2D eigenvalue weighted by molar-refractivity contribution is 4.92. The summed E-state index contributed by atoms with van der Waals surface area (Å²) < 4.78 is 0. The summed E-state index contributed by atoms with van der Waals surface area (Å²) in [4.78, 5) is 2.24. The van der Waals surface area contributed by atoms with Crippen LogP contribution in [0.2, 0.25) is 0 Å². The van der Waals surface area contributed by atoms with Gasteiger partial charge in [-0.2, -0.15) is 5.26 Å². The van der Waals surface area contributed by atoms with Crippen LogP contribution >= 0.6 is 0 Å². The summed E-state index contributed by atoms with van der Waals surface area (Å²) in [5, 5.41) is 18.3. The van der Waals surface area contributed by atoms with Crippen LogP contribution in [0.4, 0.5) is 0 Å². The van der Waals surface area contributed by atoms with E-state index in [9.17, 15) is 5.11 Å². The topological polar surface area (TPSA) is 47.3 Å². The molecule has 1 fully saturated rings. The zero-order chi connectivity index (χ0) is 10.6. The fraction of sp³-hybridized carbons (Fsp3) is 0.909. The van der Waals surface area contributed by atoms with E-state index in [-0.39, 0.29) is 12.1 Å². The summed E-state index contributed by atoms with van der Waals surface area (Å²) >= 11 is 0. The molecule has 1 N–H and O–H groups in total. The van der Waals surface area contributed by atoms with Crippen LogP contribution < -0.4 is 0 Å². The Morgan fingerprint density at radius 3 is 2.43 bits per heavy atom. The standard InChI is InChI=1S/C11H20N2O/c1-3-11(8-12)13-6-4-10(5-7-13)9(2)14/h9-11,14H,3-7H2,1-2H3. The first-order valence-corrected chi connectivity index (χ1v) is 5.50. The lowest BCUT2D eigenvalue weighted by molar-refractivity contribution is 0.0636. The Hall–Kier alpha value is -0.590. The van der Waals surface area contributed by atoms with Crippen LogP contribution in [0.1, 0.15) is 33.1 Å². The number of nitriles is 1. The lowest BCUT2D eigenvalue weighted by atomic mass is 9.91. The molecule has 0 spiro atoms. The van der Waals surface area contributed by atoms with E-state index in [1.54, 1.807) is 0 Å².